The fourth-order valence-electron chi connectivity index (χ4n) is 3.86. The van der Waals surface area contributed by atoms with Crippen molar-refractivity contribution >= 4 is 62.0 Å². The fourth-order valence-corrected chi connectivity index (χ4v) is 5.91. The number of aromatic nitrogens is 1. The Hall–Kier alpha value is -4.20. The summed E-state index contributed by atoms with van der Waals surface area (Å²) in [4.78, 5) is 31.4. The molecule has 5 nitrogen and oxygen atoms in total. The first-order valence-corrected chi connectivity index (χ1v) is 13.8. The van der Waals surface area contributed by atoms with Gasteiger partial charge in [-0.15, -0.1) is 11.8 Å². The Kier molecular flexibility index (Phi) is 7.97. The van der Waals surface area contributed by atoms with E-state index in [1.807, 2.05) is 104 Å². The Morgan fingerprint density at radius 2 is 1.63 bits per heavy atom. The Bertz CT molecular complexity index is 1600. The lowest BCUT2D eigenvalue weighted by Gasteiger charge is -2.16. The second kappa shape index (κ2) is 11.9. The largest absolute Gasteiger partial charge is 0.322 e. The van der Waals surface area contributed by atoms with Gasteiger partial charge >= 0.3 is 0 Å². The lowest BCUT2D eigenvalue weighted by Crippen LogP contribution is -2.19. The third-order valence-electron chi connectivity index (χ3n) is 5.70. The van der Waals surface area contributed by atoms with E-state index in [1.165, 1.54) is 29.2 Å². The number of amides is 2. The van der Waals surface area contributed by atoms with Crippen molar-refractivity contribution in [1.82, 2.24) is 4.98 Å². The van der Waals surface area contributed by atoms with Crippen LogP contribution in [0.4, 0.5) is 10.8 Å². The molecule has 1 atom stereocenters. The minimum Gasteiger partial charge on any atom is -0.322 e. The molecule has 0 bridgehead atoms. The van der Waals surface area contributed by atoms with E-state index in [-0.39, 0.29) is 11.8 Å². The molecule has 4 aromatic carbocycles. The van der Waals surface area contributed by atoms with E-state index in [0.717, 1.165) is 31.8 Å². The number of rotatable bonds is 8. The van der Waals surface area contributed by atoms with Crippen molar-refractivity contribution in [3.63, 3.8) is 0 Å². The van der Waals surface area contributed by atoms with Crippen LogP contribution in [0.3, 0.4) is 0 Å². The van der Waals surface area contributed by atoms with Crippen molar-refractivity contribution < 1.29 is 9.59 Å². The van der Waals surface area contributed by atoms with Gasteiger partial charge in [0.05, 0.1) is 10.2 Å². The predicted octanol–water partition coefficient (Wildman–Crippen LogP) is 7.73. The highest BCUT2D eigenvalue weighted by atomic mass is 32.2. The Morgan fingerprint density at radius 3 is 2.42 bits per heavy atom. The summed E-state index contributed by atoms with van der Waals surface area (Å²) >= 11 is 2.89. The Labute approximate surface area is 229 Å². The van der Waals surface area contributed by atoms with Gasteiger partial charge in [0.15, 0.2) is 5.13 Å². The van der Waals surface area contributed by atoms with Gasteiger partial charge in [-0.1, -0.05) is 84.1 Å². The number of anilines is 2. The SMILES string of the molecule is Cc1ccc2nc(NC(=O)C(Sc3cccc(NC(=O)/C=C/c4ccccc4)c3)c3ccccc3)sc2c1. The minimum atomic E-state index is -0.506. The van der Waals surface area contributed by atoms with Crippen LogP contribution in [-0.2, 0) is 9.59 Å². The van der Waals surface area contributed by atoms with Crippen molar-refractivity contribution in [3.8, 4) is 0 Å². The number of hydrogen-bond donors (Lipinski definition) is 2. The maximum absolute atomic E-state index is 13.5. The zero-order valence-corrected chi connectivity index (χ0v) is 22.3. The van der Waals surface area contributed by atoms with Crippen molar-refractivity contribution in [2.45, 2.75) is 17.1 Å². The normalized spacial score (nSPS) is 11.9. The quantitative estimate of drug-likeness (QED) is 0.158. The van der Waals surface area contributed by atoms with Gasteiger partial charge in [0.2, 0.25) is 11.8 Å². The Morgan fingerprint density at radius 1 is 0.868 bits per heavy atom. The van der Waals surface area contributed by atoms with Crippen molar-refractivity contribution in [3.05, 3.63) is 126 Å². The smallest absolute Gasteiger partial charge is 0.248 e. The summed E-state index contributed by atoms with van der Waals surface area (Å²) in [7, 11) is 0. The summed E-state index contributed by atoms with van der Waals surface area (Å²) in [6.45, 7) is 2.04. The van der Waals surface area contributed by atoms with E-state index in [4.69, 9.17) is 0 Å². The number of nitrogens with one attached hydrogen (secondary N) is 2. The third-order valence-corrected chi connectivity index (χ3v) is 7.88. The van der Waals surface area contributed by atoms with Gasteiger partial charge in [-0.05, 0) is 60.0 Å². The average Bonchev–Trinajstić information content (AvgIpc) is 3.33. The van der Waals surface area contributed by atoms with Gasteiger partial charge in [-0.3, -0.25) is 9.59 Å². The average molecular weight is 536 g/mol. The molecular formula is C31H25N3O2S2. The second-order valence-corrected chi connectivity index (χ2v) is 10.9. The number of thioether (sulfide) groups is 1. The Balaban J connectivity index is 1.32. The van der Waals surface area contributed by atoms with Gasteiger partial charge in [0.25, 0.3) is 0 Å². The predicted molar refractivity (Wildman–Crippen MR) is 159 cm³/mol. The van der Waals surface area contributed by atoms with Crippen LogP contribution in [0.2, 0.25) is 0 Å². The van der Waals surface area contributed by atoms with Crippen molar-refractivity contribution in [2.75, 3.05) is 10.6 Å². The summed E-state index contributed by atoms with van der Waals surface area (Å²) in [6, 6.07) is 32.9. The maximum atomic E-state index is 13.5. The van der Waals surface area contributed by atoms with E-state index in [0.29, 0.717) is 10.8 Å². The zero-order chi connectivity index (χ0) is 26.3. The molecule has 0 saturated heterocycles. The van der Waals surface area contributed by atoms with Gasteiger partial charge < -0.3 is 10.6 Å². The summed E-state index contributed by atoms with van der Waals surface area (Å²) in [5, 5.41) is 5.99. The summed E-state index contributed by atoms with van der Waals surface area (Å²) in [6.07, 6.45) is 3.28. The number of carbonyl (C=O) groups excluding carboxylic acids is 2. The molecule has 0 aliphatic rings. The second-order valence-electron chi connectivity index (χ2n) is 8.65. The van der Waals surface area contributed by atoms with E-state index in [9.17, 15) is 9.59 Å². The molecule has 38 heavy (non-hydrogen) atoms. The molecule has 0 fully saturated rings. The zero-order valence-electron chi connectivity index (χ0n) is 20.6. The van der Waals surface area contributed by atoms with Crippen molar-refractivity contribution in [2.24, 2.45) is 0 Å². The summed E-state index contributed by atoms with van der Waals surface area (Å²) in [5.41, 5.74) is 4.51. The van der Waals surface area contributed by atoms with E-state index in [1.54, 1.807) is 6.08 Å². The number of carbonyl (C=O) groups is 2. The lowest BCUT2D eigenvalue weighted by atomic mass is 10.1. The topological polar surface area (TPSA) is 71.1 Å². The first-order chi connectivity index (χ1) is 18.5. The molecule has 2 N–H and O–H groups in total. The molecule has 0 aliphatic carbocycles. The number of thiazole rings is 1. The monoisotopic (exact) mass is 535 g/mol. The third kappa shape index (κ3) is 6.56. The highest BCUT2D eigenvalue weighted by Crippen LogP contribution is 2.38. The van der Waals surface area contributed by atoms with Crippen LogP contribution in [0.15, 0.2) is 114 Å². The van der Waals surface area contributed by atoms with Crippen LogP contribution >= 0.6 is 23.1 Å². The number of hydrogen-bond acceptors (Lipinski definition) is 5. The molecular weight excluding hydrogens is 510 g/mol. The minimum absolute atomic E-state index is 0.155. The molecule has 188 valence electrons. The molecule has 0 radical (unpaired) electrons. The highest BCUT2D eigenvalue weighted by molar-refractivity contribution is 8.00. The van der Waals surface area contributed by atoms with Gasteiger partial charge in [-0.2, -0.15) is 0 Å². The van der Waals surface area contributed by atoms with Crippen LogP contribution < -0.4 is 10.6 Å². The first-order valence-electron chi connectivity index (χ1n) is 12.1. The van der Waals surface area contributed by atoms with E-state index < -0.39 is 5.25 Å². The molecule has 7 heteroatoms. The van der Waals surface area contributed by atoms with Gasteiger partial charge in [0.1, 0.15) is 5.25 Å². The number of benzene rings is 4. The molecule has 1 heterocycles. The standard InChI is InChI=1S/C31H25N3O2S2/c1-21-15-17-26-27(19-21)38-31(33-26)34-30(36)29(23-11-6-3-7-12-23)37-25-14-8-13-24(20-25)32-28(35)18-16-22-9-4-2-5-10-22/h2-20,29H,1H3,(H,32,35)(H,33,34,36)/b18-16+. The molecule has 1 unspecified atom stereocenters. The van der Waals surface area contributed by atoms with E-state index in [2.05, 4.69) is 21.7 Å². The molecule has 5 aromatic rings. The van der Waals surface area contributed by atoms with Crippen LogP contribution in [0, 0.1) is 6.92 Å². The van der Waals surface area contributed by atoms with E-state index >= 15 is 0 Å². The van der Waals surface area contributed by atoms with Gasteiger partial charge in [0, 0.05) is 16.7 Å². The summed E-state index contributed by atoms with van der Waals surface area (Å²) in [5.74, 6) is -0.378. The van der Waals surface area contributed by atoms with Crippen LogP contribution in [0.5, 0.6) is 0 Å². The number of aryl methyl sites for hydroxylation is 1. The molecule has 1 aromatic heterocycles. The fraction of sp³-hybridized carbons (Fsp3) is 0.0645. The molecule has 2 amide bonds. The maximum Gasteiger partial charge on any atom is 0.248 e. The molecule has 0 spiro atoms. The number of fused-ring (bicyclic) bond motifs is 1. The van der Waals surface area contributed by atoms with Crippen LogP contribution in [-0.4, -0.2) is 16.8 Å². The first kappa shape index (κ1) is 25.4. The summed E-state index contributed by atoms with van der Waals surface area (Å²) < 4.78 is 1.04. The van der Waals surface area contributed by atoms with Crippen molar-refractivity contribution in [1.29, 1.82) is 0 Å². The number of nitrogens with zero attached hydrogens (tertiary/aromatic N) is 1. The van der Waals surface area contributed by atoms with Gasteiger partial charge in [-0.25, -0.2) is 4.98 Å². The highest BCUT2D eigenvalue weighted by Gasteiger charge is 2.23. The molecule has 0 aliphatic heterocycles. The molecule has 0 saturated carbocycles. The van der Waals surface area contributed by atoms with Crippen LogP contribution in [0.1, 0.15) is 21.9 Å². The lowest BCUT2D eigenvalue weighted by molar-refractivity contribution is -0.116. The molecule has 5 rings (SSSR count). The van der Waals surface area contributed by atoms with Crippen LogP contribution in [0.25, 0.3) is 16.3 Å².